The lowest BCUT2D eigenvalue weighted by atomic mass is 10.2. The number of carbonyl (C=O) groups excluding carboxylic acids is 1. The smallest absolute Gasteiger partial charge is 0.326 e. The molecular formula is C12H16N2O3S. The van der Waals surface area contributed by atoms with E-state index in [0.717, 1.165) is 11.4 Å². The molecule has 0 aromatic carbocycles. The van der Waals surface area contributed by atoms with Crippen LogP contribution < -0.4 is 0 Å². The third-order valence-corrected chi connectivity index (χ3v) is 4.18. The molecule has 1 aliphatic rings. The Hall–Kier alpha value is -1.43. The van der Waals surface area contributed by atoms with E-state index < -0.39 is 12.0 Å². The molecule has 0 saturated carbocycles. The monoisotopic (exact) mass is 268 g/mol. The van der Waals surface area contributed by atoms with Crippen molar-refractivity contribution < 1.29 is 14.7 Å². The van der Waals surface area contributed by atoms with Gasteiger partial charge in [-0.25, -0.2) is 9.78 Å². The van der Waals surface area contributed by atoms with Crippen molar-refractivity contribution in [3.63, 3.8) is 0 Å². The molecule has 0 spiro atoms. The van der Waals surface area contributed by atoms with Gasteiger partial charge in [-0.3, -0.25) is 4.79 Å². The Balaban J connectivity index is 2.17. The fourth-order valence-electron chi connectivity index (χ4n) is 2.06. The largest absolute Gasteiger partial charge is 0.480 e. The molecule has 1 saturated heterocycles. The molecule has 2 rings (SSSR count). The van der Waals surface area contributed by atoms with E-state index >= 15 is 0 Å². The Labute approximate surface area is 109 Å². The Bertz CT molecular complexity index is 470. The number of thiazole rings is 1. The van der Waals surface area contributed by atoms with Crippen molar-refractivity contribution in [3.8, 4) is 0 Å². The molecule has 98 valence electrons. The summed E-state index contributed by atoms with van der Waals surface area (Å²) in [5, 5.41) is 11.7. The number of aliphatic carboxylic acids is 1. The van der Waals surface area contributed by atoms with Crippen LogP contribution in [0.2, 0.25) is 0 Å². The average Bonchev–Trinajstić information content (AvgIpc) is 2.97. The van der Waals surface area contributed by atoms with Gasteiger partial charge in [0.05, 0.1) is 5.01 Å². The zero-order valence-corrected chi connectivity index (χ0v) is 11.2. The number of carboxylic acid groups (broad SMARTS) is 1. The van der Waals surface area contributed by atoms with Crippen LogP contribution in [0, 0.1) is 0 Å². The molecule has 1 aliphatic heterocycles. The minimum Gasteiger partial charge on any atom is -0.480 e. The predicted molar refractivity (Wildman–Crippen MR) is 67.9 cm³/mol. The predicted octanol–water partition coefficient (Wildman–Crippen LogP) is 1.96. The third-order valence-electron chi connectivity index (χ3n) is 3.03. The van der Waals surface area contributed by atoms with Crippen LogP contribution in [0.3, 0.4) is 0 Å². The zero-order chi connectivity index (χ0) is 13.3. The molecule has 1 aromatic rings. The van der Waals surface area contributed by atoms with Gasteiger partial charge in [-0.1, -0.05) is 13.8 Å². The maximum atomic E-state index is 12.2. The van der Waals surface area contributed by atoms with Crippen molar-refractivity contribution in [2.24, 2.45) is 0 Å². The number of aromatic nitrogens is 1. The lowest BCUT2D eigenvalue weighted by Gasteiger charge is -2.20. The van der Waals surface area contributed by atoms with Gasteiger partial charge in [-0.2, -0.15) is 0 Å². The van der Waals surface area contributed by atoms with Gasteiger partial charge in [0.1, 0.15) is 11.7 Å². The maximum absolute atomic E-state index is 12.2. The van der Waals surface area contributed by atoms with E-state index in [4.69, 9.17) is 5.11 Å². The van der Waals surface area contributed by atoms with Crippen molar-refractivity contribution in [1.82, 2.24) is 9.88 Å². The molecule has 1 amide bonds. The summed E-state index contributed by atoms with van der Waals surface area (Å²) >= 11 is 1.45. The number of amides is 1. The molecule has 0 unspecified atom stereocenters. The topological polar surface area (TPSA) is 70.5 Å². The highest BCUT2D eigenvalue weighted by atomic mass is 32.1. The molecule has 0 radical (unpaired) electrons. The zero-order valence-electron chi connectivity index (χ0n) is 10.4. The lowest BCUT2D eigenvalue weighted by Crippen LogP contribution is -2.40. The van der Waals surface area contributed by atoms with Crippen molar-refractivity contribution in [2.45, 2.75) is 38.6 Å². The minimum atomic E-state index is -0.930. The van der Waals surface area contributed by atoms with E-state index in [1.54, 1.807) is 5.38 Å². The van der Waals surface area contributed by atoms with Crippen molar-refractivity contribution in [2.75, 3.05) is 6.54 Å². The van der Waals surface area contributed by atoms with Gasteiger partial charge in [0.25, 0.3) is 5.91 Å². The van der Waals surface area contributed by atoms with E-state index in [1.165, 1.54) is 16.2 Å². The first-order valence-electron chi connectivity index (χ1n) is 6.00. The highest BCUT2D eigenvalue weighted by Crippen LogP contribution is 2.23. The second-order valence-electron chi connectivity index (χ2n) is 4.72. The fraction of sp³-hybridized carbons (Fsp3) is 0.583. The van der Waals surface area contributed by atoms with Crippen LogP contribution >= 0.6 is 11.3 Å². The number of hydrogen-bond acceptors (Lipinski definition) is 4. The van der Waals surface area contributed by atoms with Crippen LogP contribution in [0.25, 0.3) is 0 Å². The summed E-state index contributed by atoms with van der Waals surface area (Å²) in [7, 11) is 0. The molecule has 1 aromatic heterocycles. The number of likely N-dealkylation sites (tertiary alicyclic amines) is 1. The second-order valence-corrected chi connectivity index (χ2v) is 5.61. The first-order valence-corrected chi connectivity index (χ1v) is 6.88. The highest BCUT2D eigenvalue weighted by Gasteiger charge is 2.35. The van der Waals surface area contributed by atoms with E-state index in [-0.39, 0.29) is 11.8 Å². The summed E-state index contributed by atoms with van der Waals surface area (Å²) in [6, 6.07) is -0.693. The number of hydrogen-bond donors (Lipinski definition) is 1. The molecule has 1 atom stereocenters. The molecule has 0 bridgehead atoms. The summed E-state index contributed by atoms with van der Waals surface area (Å²) in [5.74, 6) is -0.909. The standard InChI is InChI=1S/C12H16N2O3S/c1-7(2)10-13-8(6-18-10)11(15)14-5-3-4-9(14)12(16)17/h6-7,9H,3-5H2,1-2H3,(H,16,17)/t9-/m0/s1. The quantitative estimate of drug-likeness (QED) is 0.909. The van der Waals surface area contributed by atoms with Crippen molar-refractivity contribution in [3.05, 3.63) is 16.1 Å². The summed E-state index contributed by atoms with van der Waals surface area (Å²) < 4.78 is 0. The van der Waals surface area contributed by atoms with E-state index in [9.17, 15) is 9.59 Å². The molecular weight excluding hydrogens is 252 g/mol. The minimum absolute atomic E-state index is 0.261. The SMILES string of the molecule is CC(C)c1nc(C(=O)N2CCC[C@H]2C(=O)O)cs1. The molecule has 18 heavy (non-hydrogen) atoms. The second kappa shape index (κ2) is 5.06. The van der Waals surface area contributed by atoms with Crippen LogP contribution in [0.4, 0.5) is 0 Å². The fourth-order valence-corrected chi connectivity index (χ4v) is 2.87. The van der Waals surface area contributed by atoms with Crippen molar-refractivity contribution in [1.29, 1.82) is 0 Å². The summed E-state index contributed by atoms with van der Waals surface area (Å²) in [6.07, 6.45) is 1.27. The molecule has 1 N–H and O–H groups in total. The first kappa shape index (κ1) is 13.0. The lowest BCUT2D eigenvalue weighted by molar-refractivity contribution is -0.141. The van der Waals surface area contributed by atoms with Crippen LogP contribution in [-0.4, -0.2) is 39.5 Å². The number of carbonyl (C=O) groups is 2. The Morgan fingerprint density at radius 2 is 2.28 bits per heavy atom. The average molecular weight is 268 g/mol. The summed E-state index contributed by atoms with van der Waals surface area (Å²) in [6.45, 7) is 4.54. The number of nitrogens with zero attached hydrogens (tertiary/aromatic N) is 2. The highest BCUT2D eigenvalue weighted by molar-refractivity contribution is 7.09. The normalized spacial score (nSPS) is 19.5. The molecule has 5 nitrogen and oxygen atoms in total. The molecule has 2 heterocycles. The van der Waals surface area contributed by atoms with E-state index in [1.807, 2.05) is 13.8 Å². The van der Waals surface area contributed by atoms with Gasteiger partial charge in [0.2, 0.25) is 0 Å². The molecule has 6 heteroatoms. The van der Waals surface area contributed by atoms with Crippen molar-refractivity contribution >= 4 is 23.2 Å². The number of carboxylic acids is 1. The van der Waals surface area contributed by atoms with Crippen LogP contribution in [0.5, 0.6) is 0 Å². The third kappa shape index (κ3) is 2.38. The Morgan fingerprint density at radius 1 is 1.56 bits per heavy atom. The Morgan fingerprint density at radius 3 is 2.83 bits per heavy atom. The van der Waals surface area contributed by atoms with Crippen LogP contribution in [-0.2, 0) is 4.79 Å². The Kier molecular flexibility index (Phi) is 3.65. The molecule has 1 fully saturated rings. The maximum Gasteiger partial charge on any atom is 0.326 e. The number of rotatable bonds is 3. The van der Waals surface area contributed by atoms with Gasteiger partial charge in [0.15, 0.2) is 0 Å². The van der Waals surface area contributed by atoms with Gasteiger partial charge in [-0.05, 0) is 12.8 Å². The van der Waals surface area contributed by atoms with E-state index in [0.29, 0.717) is 18.7 Å². The van der Waals surface area contributed by atoms with Crippen LogP contribution in [0.1, 0.15) is 48.1 Å². The van der Waals surface area contributed by atoms with Gasteiger partial charge in [0, 0.05) is 17.8 Å². The first-order chi connectivity index (χ1) is 8.50. The molecule has 0 aliphatic carbocycles. The van der Waals surface area contributed by atoms with E-state index in [2.05, 4.69) is 4.98 Å². The van der Waals surface area contributed by atoms with Gasteiger partial charge in [-0.15, -0.1) is 11.3 Å². The van der Waals surface area contributed by atoms with Gasteiger partial charge >= 0.3 is 5.97 Å². The van der Waals surface area contributed by atoms with Crippen LogP contribution in [0.15, 0.2) is 5.38 Å². The summed E-state index contributed by atoms with van der Waals surface area (Å²) in [4.78, 5) is 29.0. The van der Waals surface area contributed by atoms with Gasteiger partial charge < -0.3 is 10.0 Å². The summed E-state index contributed by atoms with van der Waals surface area (Å²) in [5.41, 5.74) is 0.372.